The summed E-state index contributed by atoms with van der Waals surface area (Å²) in [5.41, 5.74) is 1.68. The first-order valence-corrected chi connectivity index (χ1v) is 6.56. The summed E-state index contributed by atoms with van der Waals surface area (Å²) in [4.78, 5) is 3.15. The van der Waals surface area contributed by atoms with E-state index in [-0.39, 0.29) is 0 Å². The third-order valence-corrected chi connectivity index (χ3v) is 3.75. The smallest absolute Gasteiger partial charge is 0.119 e. The van der Waals surface area contributed by atoms with E-state index in [0.717, 1.165) is 27.8 Å². The Labute approximate surface area is 117 Å². The van der Waals surface area contributed by atoms with Crippen LogP contribution in [0.3, 0.4) is 0 Å². The van der Waals surface area contributed by atoms with Crippen LogP contribution in [0.4, 0.5) is 0 Å². The second kappa shape index (κ2) is 4.69. The molecule has 2 N–H and O–H groups in total. The molecule has 0 aliphatic rings. The highest BCUT2D eigenvalue weighted by molar-refractivity contribution is 5.80. The molecular formula is C17H17NO2. The number of methoxy groups -OCH3 is 1. The Bertz CT molecular complexity index is 743. The van der Waals surface area contributed by atoms with E-state index >= 15 is 0 Å². The van der Waals surface area contributed by atoms with Gasteiger partial charge in [0, 0.05) is 11.7 Å². The van der Waals surface area contributed by atoms with Crippen LogP contribution in [0.15, 0.2) is 54.7 Å². The largest absolute Gasteiger partial charge is 0.497 e. The topological polar surface area (TPSA) is 45.2 Å². The van der Waals surface area contributed by atoms with Gasteiger partial charge in [-0.25, -0.2) is 0 Å². The van der Waals surface area contributed by atoms with Gasteiger partial charge < -0.3 is 14.8 Å². The Morgan fingerprint density at radius 2 is 1.85 bits per heavy atom. The van der Waals surface area contributed by atoms with Gasteiger partial charge in [-0.15, -0.1) is 0 Å². The summed E-state index contributed by atoms with van der Waals surface area (Å²) in [5.74, 6) is 0.741. The summed E-state index contributed by atoms with van der Waals surface area (Å²) in [7, 11) is 1.62. The fourth-order valence-corrected chi connectivity index (χ4v) is 2.45. The van der Waals surface area contributed by atoms with Crippen LogP contribution in [0.1, 0.15) is 18.1 Å². The molecule has 0 aliphatic heterocycles. The van der Waals surface area contributed by atoms with Crippen molar-refractivity contribution in [2.75, 3.05) is 7.11 Å². The average molecular weight is 267 g/mol. The minimum atomic E-state index is -1.06. The molecule has 0 spiro atoms. The van der Waals surface area contributed by atoms with Gasteiger partial charge in [-0.3, -0.25) is 0 Å². The normalized spacial score (nSPS) is 14.2. The monoisotopic (exact) mass is 267 g/mol. The van der Waals surface area contributed by atoms with Crippen LogP contribution in [0.5, 0.6) is 5.75 Å². The molecular weight excluding hydrogens is 250 g/mol. The molecule has 0 bridgehead atoms. The van der Waals surface area contributed by atoms with Gasteiger partial charge in [-0.1, -0.05) is 18.2 Å². The standard InChI is InChI=1S/C17H17NO2/c1-17(19,13-4-3-5-15(11-13)20-2)14-6-7-16-12(10-14)8-9-18-16/h3-11,18-19H,1-2H3. The SMILES string of the molecule is COc1cccc(C(C)(O)c2ccc3[nH]ccc3c2)c1. The molecule has 0 radical (unpaired) electrons. The summed E-state index contributed by atoms with van der Waals surface area (Å²) in [6.07, 6.45) is 1.90. The molecule has 1 unspecified atom stereocenters. The van der Waals surface area contributed by atoms with Crippen molar-refractivity contribution in [1.29, 1.82) is 0 Å². The molecule has 1 heterocycles. The Morgan fingerprint density at radius 3 is 2.65 bits per heavy atom. The third-order valence-electron chi connectivity index (χ3n) is 3.75. The summed E-state index contributed by atoms with van der Waals surface area (Å²) in [6, 6.07) is 15.5. The molecule has 0 saturated carbocycles. The summed E-state index contributed by atoms with van der Waals surface area (Å²) >= 11 is 0. The number of aromatic nitrogens is 1. The lowest BCUT2D eigenvalue weighted by molar-refractivity contribution is 0.102. The zero-order chi connectivity index (χ0) is 14.2. The molecule has 0 amide bonds. The lowest BCUT2D eigenvalue weighted by atomic mass is 9.87. The number of H-pyrrole nitrogens is 1. The van der Waals surface area contributed by atoms with E-state index in [1.807, 2.05) is 54.7 Å². The molecule has 0 fully saturated rings. The van der Waals surface area contributed by atoms with Gasteiger partial charge in [0.05, 0.1) is 7.11 Å². The van der Waals surface area contributed by atoms with E-state index in [0.29, 0.717) is 0 Å². The lowest BCUT2D eigenvalue weighted by Gasteiger charge is -2.25. The minimum Gasteiger partial charge on any atom is -0.497 e. The van der Waals surface area contributed by atoms with Crippen molar-refractivity contribution in [2.45, 2.75) is 12.5 Å². The van der Waals surface area contributed by atoms with Crippen LogP contribution in [0.2, 0.25) is 0 Å². The van der Waals surface area contributed by atoms with Crippen molar-refractivity contribution >= 4 is 10.9 Å². The van der Waals surface area contributed by atoms with Gasteiger partial charge in [0.25, 0.3) is 0 Å². The number of rotatable bonds is 3. The highest BCUT2D eigenvalue weighted by atomic mass is 16.5. The maximum absolute atomic E-state index is 10.9. The number of benzene rings is 2. The second-order valence-corrected chi connectivity index (χ2v) is 5.08. The maximum Gasteiger partial charge on any atom is 0.119 e. The van der Waals surface area contributed by atoms with Gasteiger partial charge in [-0.05, 0) is 53.8 Å². The summed E-state index contributed by atoms with van der Waals surface area (Å²) in [6.45, 7) is 1.80. The van der Waals surface area contributed by atoms with Gasteiger partial charge >= 0.3 is 0 Å². The highest BCUT2D eigenvalue weighted by Gasteiger charge is 2.26. The average Bonchev–Trinajstić information content (AvgIpc) is 2.94. The quantitative estimate of drug-likeness (QED) is 0.763. The predicted octanol–water partition coefficient (Wildman–Crippen LogP) is 3.43. The number of nitrogens with one attached hydrogen (secondary N) is 1. The van der Waals surface area contributed by atoms with Gasteiger partial charge in [0.1, 0.15) is 11.4 Å². The molecule has 0 saturated heterocycles. The van der Waals surface area contributed by atoms with Gasteiger partial charge in [0.2, 0.25) is 0 Å². The first-order valence-electron chi connectivity index (χ1n) is 6.56. The molecule has 3 rings (SSSR count). The van der Waals surface area contributed by atoms with Gasteiger partial charge in [0.15, 0.2) is 0 Å². The fourth-order valence-electron chi connectivity index (χ4n) is 2.45. The zero-order valence-electron chi connectivity index (χ0n) is 11.6. The van der Waals surface area contributed by atoms with E-state index < -0.39 is 5.60 Å². The van der Waals surface area contributed by atoms with E-state index in [1.165, 1.54) is 0 Å². The van der Waals surface area contributed by atoms with Crippen molar-refractivity contribution in [3.63, 3.8) is 0 Å². The Kier molecular flexibility index (Phi) is 2.99. The van der Waals surface area contributed by atoms with Crippen LogP contribution in [-0.2, 0) is 5.60 Å². The number of aliphatic hydroxyl groups is 1. The van der Waals surface area contributed by atoms with Crippen LogP contribution >= 0.6 is 0 Å². The van der Waals surface area contributed by atoms with E-state index in [4.69, 9.17) is 4.74 Å². The molecule has 3 aromatic rings. The first-order chi connectivity index (χ1) is 9.61. The molecule has 1 aromatic heterocycles. The van der Waals surface area contributed by atoms with Crippen LogP contribution < -0.4 is 4.74 Å². The Balaban J connectivity index is 2.09. The number of hydrogen-bond acceptors (Lipinski definition) is 2. The van der Waals surface area contributed by atoms with E-state index in [2.05, 4.69) is 4.98 Å². The van der Waals surface area contributed by atoms with Crippen LogP contribution in [-0.4, -0.2) is 17.2 Å². The summed E-state index contributed by atoms with van der Waals surface area (Å²) < 4.78 is 5.23. The lowest BCUT2D eigenvalue weighted by Crippen LogP contribution is -2.22. The van der Waals surface area contributed by atoms with E-state index in [9.17, 15) is 5.11 Å². The predicted molar refractivity (Wildman–Crippen MR) is 80.0 cm³/mol. The minimum absolute atomic E-state index is 0.741. The van der Waals surface area contributed by atoms with Gasteiger partial charge in [-0.2, -0.15) is 0 Å². The van der Waals surface area contributed by atoms with Crippen molar-refractivity contribution in [2.24, 2.45) is 0 Å². The highest BCUT2D eigenvalue weighted by Crippen LogP contribution is 2.32. The fraction of sp³-hybridized carbons (Fsp3) is 0.176. The molecule has 3 heteroatoms. The van der Waals surface area contributed by atoms with E-state index in [1.54, 1.807) is 14.0 Å². The Morgan fingerprint density at radius 1 is 1.05 bits per heavy atom. The number of fused-ring (bicyclic) bond motifs is 1. The summed E-state index contributed by atoms with van der Waals surface area (Å²) in [5, 5.41) is 12.0. The Hall–Kier alpha value is -2.26. The van der Waals surface area contributed by atoms with Crippen molar-refractivity contribution in [3.05, 3.63) is 65.9 Å². The number of hydrogen-bond donors (Lipinski definition) is 2. The number of ether oxygens (including phenoxy) is 1. The maximum atomic E-state index is 10.9. The molecule has 102 valence electrons. The van der Waals surface area contributed by atoms with Crippen molar-refractivity contribution in [1.82, 2.24) is 4.98 Å². The first kappa shape index (κ1) is 12.8. The number of aromatic amines is 1. The molecule has 1 atom stereocenters. The zero-order valence-corrected chi connectivity index (χ0v) is 11.6. The van der Waals surface area contributed by atoms with Crippen LogP contribution in [0, 0.1) is 0 Å². The molecule has 20 heavy (non-hydrogen) atoms. The molecule has 2 aromatic carbocycles. The van der Waals surface area contributed by atoms with Crippen molar-refractivity contribution < 1.29 is 9.84 Å². The van der Waals surface area contributed by atoms with Crippen molar-refractivity contribution in [3.8, 4) is 5.75 Å². The van der Waals surface area contributed by atoms with Crippen LogP contribution in [0.25, 0.3) is 10.9 Å². The third kappa shape index (κ3) is 2.06. The molecule has 3 nitrogen and oxygen atoms in total. The second-order valence-electron chi connectivity index (χ2n) is 5.08. The molecule has 0 aliphatic carbocycles.